The van der Waals surface area contributed by atoms with E-state index >= 15 is 0 Å². The van der Waals surface area contributed by atoms with Gasteiger partial charge in [0.05, 0.1) is 36.7 Å². The Bertz CT molecular complexity index is 1150. The third-order valence-corrected chi connectivity index (χ3v) is 6.19. The van der Waals surface area contributed by atoms with Gasteiger partial charge in [0.25, 0.3) is 5.91 Å². The number of carbonyl (C=O) groups excluding carboxylic acids is 2. The van der Waals surface area contributed by atoms with Crippen LogP contribution >= 0.6 is 0 Å². The minimum atomic E-state index is -0.344. The maximum atomic E-state index is 12.8. The van der Waals surface area contributed by atoms with E-state index in [0.29, 0.717) is 30.8 Å². The lowest BCUT2D eigenvalue weighted by Crippen LogP contribution is -2.27. The molecule has 0 aliphatic heterocycles. The minimum absolute atomic E-state index is 0.0790. The van der Waals surface area contributed by atoms with Crippen molar-refractivity contribution >= 4 is 17.6 Å². The van der Waals surface area contributed by atoms with Gasteiger partial charge in [-0.1, -0.05) is 37.6 Å². The van der Waals surface area contributed by atoms with Crippen LogP contribution in [0.2, 0.25) is 0 Å². The number of ether oxygens (including phenoxy) is 1. The van der Waals surface area contributed by atoms with E-state index in [4.69, 9.17) is 9.72 Å². The summed E-state index contributed by atoms with van der Waals surface area (Å²) in [5.41, 5.74) is 4.05. The molecule has 198 valence electrons. The summed E-state index contributed by atoms with van der Waals surface area (Å²) >= 11 is 0. The molecule has 2 aromatic carbocycles. The fourth-order valence-corrected chi connectivity index (χ4v) is 4.08. The van der Waals surface area contributed by atoms with Gasteiger partial charge in [-0.25, -0.2) is 9.78 Å². The number of methoxy groups -OCH3 is 1. The van der Waals surface area contributed by atoms with Crippen LogP contribution in [-0.4, -0.2) is 60.6 Å². The van der Waals surface area contributed by atoms with E-state index in [9.17, 15) is 9.59 Å². The van der Waals surface area contributed by atoms with Gasteiger partial charge in [-0.15, -0.1) is 0 Å². The molecule has 37 heavy (non-hydrogen) atoms. The zero-order chi connectivity index (χ0) is 26.6. The summed E-state index contributed by atoms with van der Waals surface area (Å²) in [5.74, 6) is 0.607. The van der Waals surface area contributed by atoms with Gasteiger partial charge in [0.2, 0.25) is 0 Å². The Morgan fingerprint density at radius 1 is 1.05 bits per heavy atom. The first-order chi connectivity index (χ1) is 17.9. The zero-order valence-corrected chi connectivity index (χ0v) is 22.4. The number of carbonyl (C=O) groups is 2. The monoisotopic (exact) mass is 505 g/mol. The van der Waals surface area contributed by atoms with Gasteiger partial charge in [-0.3, -0.25) is 4.79 Å². The number of anilines is 1. The van der Waals surface area contributed by atoms with Crippen LogP contribution in [0.25, 0.3) is 0 Å². The minimum Gasteiger partial charge on any atom is -0.465 e. The second kappa shape index (κ2) is 14.2. The van der Waals surface area contributed by atoms with Crippen LogP contribution in [0.15, 0.2) is 54.7 Å². The highest BCUT2D eigenvalue weighted by Gasteiger charge is 2.14. The summed E-state index contributed by atoms with van der Waals surface area (Å²) in [4.78, 5) is 31.4. The van der Waals surface area contributed by atoms with Crippen LogP contribution < -0.4 is 10.6 Å². The number of para-hydroxylation sites is 1. The van der Waals surface area contributed by atoms with E-state index in [0.717, 1.165) is 55.0 Å². The molecular formula is C29H39N5O3. The molecule has 3 aromatic rings. The molecule has 0 radical (unpaired) electrons. The van der Waals surface area contributed by atoms with E-state index in [-0.39, 0.29) is 11.9 Å². The van der Waals surface area contributed by atoms with Crippen molar-refractivity contribution in [1.29, 1.82) is 0 Å². The molecule has 3 rings (SSSR count). The maximum absolute atomic E-state index is 12.8. The van der Waals surface area contributed by atoms with Crippen LogP contribution in [-0.2, 0) is 24.2 Å². The maximum Gasteiger partial charge on any atom is 0.337 e. The highest BCUT2D eigenvalue weighted by Crippen LogP contribution is 2.19. The number of unbranched alkanes of at least 4 members (excludes halogenated alkanes) is 1. The summed E-state index contributed by atoms with van der Waals surface area (Å²) in [5, 5.41) is 6.48. The lowest BCUT2D eigenvalue weighted by atomic mass is 10.1. The summed E-state index contributed by atoms with van der Waals surface area (Å²) in [6, 6.07) is 15.1. The fourth-order valence-electron chi connectivity index (χ4n) is 4.08. The van der Waals surface area contributed by atoms with Gasteiger partial charge < -0.3 is 24.8 Å². The quantitative estimate of drug-likeness (QED) is 0.250. The highest BCUT2D eigenvalue weighted by atomic mass is 16.5. The van der Waals surface area contributed by atoms with Crippen molar-refractivity contribution < 1.29 is 14.3 Å². The number of hydrogen-bond acceptors (Lipinski definition) is 6. The average molecular weight is 506 g/mol. The molecule has 1 amide bonds. The first kappa shape index (κ1) is 27.9. The van der Waals surface area contributed by atoms with E-state index < -0.39 is 0 Å². The summed E-state index contributed by atoms with van der Waals surface area (Å²) in [6.45, 7) is 4.91. The topological polar surface area (TPSA) is 88.5 Å². The molecular weight excluding hydrogens is 466 g/mol. The first-order valence-electron chi connectivity index (χ1n) is 12.9. The molecule has 0 saturated carbocycles. The number of nitrogens with one attached hydrogen (secondary N) is 2. The number of nitrogens with zero attached hydrogens (tertiary/aromatic N) is 3. The number of amides is 1. The van der Waals surface area contributed by atoms with Gasteiger partial charge in [-0.2, -0.15) is 0 Å². The van der Waals surface area contributed by atoms with Crippen molar-refractivity contribution in [2.45, 2.75) is 45.7 Å². The SMILES string of the molecule is CCCCc1ncc(CNc2ccccc2C(=O)NCCCN(C)C)n1Cc1ccc(C(=O)OC)cc1. The molecule has 2 N–H and O–H groups in total. The number of benzene rings is 2. The predicted molar refractivity (Wildman–Crippen MR) is 147 cm³/mol. The number of aryl methyl sites for hydroxylation is 1. The lowest BCUT2D eigenvalue weighted by Gasteiger charge is -2.16. The van der Waals surface area contributed by atoms with E-state index in [1.807, 2.05) is 56.7 Å². The Labute approximate surface area is 220 Å². The standard InChI is InChI=1S/C29H39N5O3/c1-5-6-12-27-32-20-24(34(27)21-22-13-15-23(16-14-22)29(36)37-4)19-31-26-11-8-7-10-25(26)28(35)30-17-9-18-33(2)3/h7-8,10-11,13-16,20,31H,5-6,9,12,17-19,21H2,1-4H3,(H,30,35). The molecule has 0 aliphatic carbocycles. The number of imidazole rings is 1. The molecule has 8 heteroatoms. The Hall–Kier alpha value is -3.65. The molecule has 1 heterocycles. The van der Waals surface area contributed by atoms with Crippen molar-refractivity contribution in [2.24, 2.45) is 0 Å². The predicted octanol–water partition coefficient (Wildman–Crippen LogP) is 4.35. The van der Waals surface area contributed by atoms with Crippen LogP contribution in [0.5, 0.6) is 0 Å². The zero-order valence-electron chi connectivity index (χ0n) is 22.4. The highest BCUT2D eigenvalue weighted by molar-refractivity contribution is 5.99. The number of rotatable bonds is 14. The Balaban J connectivity index is 1.73. The van der Waals surface area contributed by atoms with Crippen molar-refractivity contribution in [3.63, 3.8) is 0 Å². The fraction of sp³-hybridized carbons (Fsp3) is 0.414. The van der Waals surface area contributed by atoms with Crippen molar-refractivity contribution in [1.82, 2.24) is 19.8 Å². The van der Waals surface area contributed by atoms with Crippen LogP contribution in [0.1, 0.15) is 64.0 Å². The van der Waals surface area contributed by atoms with E-state index in [2.05, 4.69) is 27.0 Å². The number of hydrogen-bond donors (Lipinski definition) is 2. The largest absolute Gasteiger partial charge is 0.465 e. The first-order valence-corrected chi connectivity index (χ1v) is 12.9. The molecule has 0 bridgehead atoms. The molecule has 8 nitrogen and oxygen atoms in total. The number of esters is 1. The normalized spacial score (nSPS) is 10.9. The smallest absolute Gasteiger partial charge is 0.337 e. The van der Waals surface area contributed by atoms with Gasteiger partial charge in [0.15, 0.2) is 0 Å². The molecule has 0 fully saturated rings. The Kier molecular flexibility index (Phi) is 10.7. The van der Waals surface area contributed by atoms with Crippen LogP contribution in [0, 0.1) is 0 Å². The summed E-state index contributed by atoms with van der Waals surface area (Å²) in [7, 11) is 5.43. The van der Waals surface area contributed by atoms with Gasteiger partial charge in [-0.05, 0) is 63.3 Å². The third kappa shape index (κ3) is 8.18. The van der Waals surface area contributed by atoms with Crippen molar-refractivity contribution in [3.05, 3.63) is 82.9 Å². The average Bonchev–Trinajstić information content (AvgIpc) is 3.29. The van der Waals surface area contributed by atoms with E-state index in [1.165, 1.54) is 7.11 Å². The van der Waals surface area contributed by atoms with Gasteiger partial charge >= 0.3 is 5.97 Å². The summed E-state index contributed by atoms with van der Waals surface area (Å²) < 4.78 is 7.03. The van der Waals surface area contributed by atoms with Crippen molar-refractivity contribution in [2.75, 3.05) is 39.6 Å². The van der Waals surface area contributed by atoms with Crippen LogP contribution in [0.3, 0.4) is 0 Å². The lowest BCUT2D eigenvalue weighted by molar-refractivity contribution is 0.0600. The molecule has 0 spiro atoms. The third-order valence-electron chi connectivity index (χ3n) is 6.19. The molecule has 0 atom stereocenters. The molecule has 0 saturated heterocycles. The molecule has 0 aliphatic rings. The Morgan fingerprint density at radius 2 is 1.81 bits per heavy atom. The molecule has 0 unspecified atom stereocenters. The summed E-state index contributed by atoms with van der Waals surface area (Å²) in [6.07, 6.45) is 5.84. The van der Waals surface area contributed by atoms with Gasteiger partial charge in [0.1, 0.15) is 5.82 Å². The van der Waals surface area contributed by atoms with Gasteiger partial charge in [0, 0.05) is 25.2 Å². The second-order valence-corrected chi connectivity index (χ2v) is 9.36. The van der Waals surface area contributed by atoms with E-state index in [1.54, 1.807) is 12.1 Å². The molecule has 1 aromatic heterocycles. The second-order valence-electron chi connectivity index (χ2n) is 9.36. The van der Waals surface area contributed by atoms with Crippen molar-refractivity contribution in [3.8, 4) is 0 Å². The number of aromatic nitrogens is 2. The van der Waals surface area contributed by atoms with Crippen LogP contribution in [0.4, 0.5) is 5.69 Å². The Morgan fingerprint density at radius 3 is 2.51 bits per heavy atom.